The first-order valence-corrected chi connectivity index (χ1v) is 7.14. The van der Waals surface area contributed by atoms with Gasteiger partial charge in [-0.05, 0) is 50.8 Å². The Morgan fingerprint density at radius 1 is 1.41 bits per heavy atom. The van der Waals surface area contributed by atoms with Crippen LogP contribution in [0.1, 0.15) is 46.0 Å². The predicted octanol–water partition coefficient (Wildman–Crippen LogP) is 3.65. The van der Waals surface area contributed by atoms with E-state index >= 15 is 0 Å². The zero-order valence-corrected chi connectivity index (χ0v) is 11.4. The molecule has 0 unspecified atom stereocenters. The standard InChI is InChI=1S/C13H21NO.C2H6/c1-2-6-13(7-3-1)15-10-8-12-5-4-9-14-11-12;1-2/h1-2,6,12,14H,3-5,7-11H2;1-2H3/t12-;/m0./s1. The lowest BCUT2D eigenvalue weighted by atomic mass is 9.97. The first kappa shape index (κ1) is 14.3. The number of piperidine rings is 1. The molecule has 17 heavy (non-hydrogen) atoms. The van der Waals surface area contributed by atoms with Crippen molar-refractivity contribution < 1.29 is 4.74 Å². The van der Waals surface area contributed by atoms with Crippen LogP contribution in [0.25, 0.3) is 0 Å². The highest BCUT2D eigenvalue weighted by Crippen LogP contribution is 2.17. The molecule has 1 aliphatic carbocycles. The number of hydrogen-bond acceptors (Lipinski definition) is 2. The molecule has 0 bridgehead atoms. The fraction of sp³-hybridized carbons (Fsp3) is 0.733. The lowest BCUT2D eigenvalue weighted by Crippen LogP contribution is -2.30. The van der Waals surface area contributed by atoms with Crippen molar-refractivity contribution in [1.29, 1.82) is 0 Å². The predicted molar refractivity (Wildman–Crippen MR) is 74.0 cm³/mol. The Labute approximate surface area is 106 Å². The van der Waals surface area contributed by atoms with Crippen molar-refractivity contribution in [1.82, 2.24) is 5.32 Å². The summed E-state index contributed by atoms with van der Waals surface area (Å²) in [5, 5.41) is 3.44. The Balaban J connectivity index is 0.000000686. The second kappa shape index (κ2) is 9.29. The van der Waals surface area contributed by atoms with Gasteiger partial charge in [-0.3, -0.25) is 0 Å². The molecule has 1 heterocycles. The maximum absolute atomic E-state index is 5.77. The molecule has 0 aromatic heterocycles. The van der Waals surface area contributed by atoms with E-state index in [-0.39, 0.29) is 0 Å². The van der Waals surface area contributed by atoms with Gasteiger partial charge in [-0.15, -0.1) is 0 Å². The highest BCUT2D eigenvalue weighted by molar-refractivity contribution is 5.12. The molecule has 2 aliphatic rings. The summed E-state index contributed by atoms with van der Waals surface area (Å²) in [6, 6.07) is 0. The van der Waals surface area contributed by atoms with E-state index in [1.54, 1.807) is 0 Å². The molecule has 2 nitrogen and oxygen atoms in total. The van der Waals surface area contributed by atoms with Gasteiger partial charge in [0.25, 0.3) is 0 Å². The van der Waals surface area contributed by atoms with Gasteiger partial charge in [-0.1, -0.05) is 26.0 Å². The van der Waals surface area contributed by atoms with Crippen LogP contribution < -0.4 is 5.32 Å². The Hall–Kier alpha value is -0.760. The third-order valence-electron chi connectivity index (χ3n) is 3.19. The molecule has 0 amide bonds. The van der Waals surface area contributed by atoms with Crippen LogP contribution in [0.3, 0.4) is 0 Å². The normalized spacial score (nSPS) is 23.4. The molecule has 98 valence electrons. The minimum atomic E-state index is 0.832. The lowest BCUT2D eigenvalue weighted by Gasteiger charge is -2.23. The molecule has 0 radical (unpaired) electrons. The van der Waals surface area contributed by atoms with Crippen molar-refractivity contribution in [2.24, 2.45) is 5.92 Å². The monoisotopic (exact) mass is 237 g/mol. The minimum absolute atomic E-state index is 0.832. The zero-order valence-electron chi connectivity index (χ0n) is 11.4. The van der Waals surface area contributed by atoms with Gasteiger partial charge >= 0.3 is 0 Å². The zero-order chi connectivity index (χ0) is 12.3. The van der Waals surface area contributed by atoms with Crippen molar-refractivity contribution in [2.75, 3.05) is 19.7 Å². The third kappa shape index (κ3) is 5.92. The molecular weight excluding hydrogens is 210 g/mol. The van der Waals surface area contributed by atoms with Crippen molar-refractivity contribution in [3.8, 4) is 0 Å². The van der Waals surface area contributed by atoms with Crippen LogP contribution in [0.5, 0.6) is 0 Å². The summed E-state index contributed by atoms with van der Waals surface area (Å²) < 4.78 is 5.77. The summed E-state index contributed by atoms with van der Waals surface area (Å²) in [5.74, 6) is 2.00. The van der Waals surface area contributed by atoms with E-state index in [1.165, 1.54) is 38.1 Å². The van der Waals surface area contributed by atoms with Crippen molar-refractivity contribution in [3.05, 3.63) is 24.0 Å². The van der Waals surface area contributed by atoms with Gasteiger partial charge < -0.3 is 10.1 Å². The molecular formula is C15H27NO. The van der Waals surface area contributed by atoms with Crippen molar-refractivity contribution in [2.45, 2.75) is 46.0 Å². The van der Waals surface area contributed by atoms with Crippen molar-refractivity contribution in [3.63, 3.8) is 0 Å². The van der Waals surface area contributed by atoms with Crippen LogP contribution in [0, 0.1) is 5.92 Å². The summed E-state index contributed by atoms with van der Waals surface area (Å²) in [5.41, 5.74) is 0. The third-order valence-corrected chi connectivity index (χ3v) is 3.19. The maximum Gasteiger partial charge on any atom is 0.0962 e. The summed E-state index contributed by atoms with van der Waals surface area (Å²) in [7, 11) is 0. The topological polar surface area (TPSA) is 21.3 Å². The van der Waals surface area contributed by atoms with Crippen LogP contribution in [0.2, 0.25) is 0 Å². The van der Waals surface area contributed by atoms with Crippen LogP contribution >= 0.6 is 0 Å². The number of allylic oxidation sites excluding steroid dienone is 4. The largest absolute Gasteiger partial charge is 0.498 e. The van der Waals surface area contributed by atoms with E-state index in [1.807, 2.05) is 13.8 Å². The van der Waals surface area contributed by atoms with E-state index in [0.717, 1.165) is 25.4 Å². The molecule has 1 saturated heterocycles. The highest BCUT2D eigenvalue weighted by Gasteiger charge is 2.12. The Kier molecular flexibility index (Phi) is 7.81. The molecule has 0 spiro atoms. The van der Waals surface area contributed by atoms with E-state index in [4.69, 9.17) is 4.74 Å². The number of hydrogen-bond donors (Lipinski definition) is 1. The summed E-state index contributed by atoms with van der Waals surface area (Å²) in [6.45, 7) is 7.28. The smallest absolute Gasteiger partial charge is 0.0962 e. The Morgan fingerprint density at radius 2 is 2.29 bits per heavy atom. The second-order valence-electron chi connectivity index (χ2n) is 4.45. The second-order valence-corrected chi connectivity index (χ2v) is 4.45. The Morgan fingerprint density at radius 3 is 2.94 bits per heavy atom. The molecule has 0 saturated carbocycles. The van der Waals surface area contributed by atoms with Gasteiger partial charge in [0, 0.05) is 6.42 Å². The summed E-state index contributed by atoms with van der Waals surface area (Å²) >= 11 is 0. The molecule has 1 fully saturated rings. The average molecular weight is 237 g/mol. The van der Waals surface area contributed by atoms with Crippen LogP contribution in [0.4, 0.5) is 0 Å². The summed E-state index contributed by atoms with van der Waals surface area (Å²) in [4.78, 5) is 0. The average Bonchev–Trinajstić information content (AvgIpc) is 2.43. The van der Waals surface area contributed by atoms with Gasteiger partial charge in [0.05, 0.1) is 12.4 Å². The lowest BCUT2D eigenvalue weighted by molar-refractivity contribution is 0.173. The van der Waals surface area contributed by atoms with Crippen LogP contribution in [-0.4, -0.2) is 19.7 Å². The number of nitrogens with one attached hydrogen (secondary N) is 1. The fourth-order valence-corrected chi connectivity index (χ4v) is 2.23. The molecule has 2 heteroatoms. The maximum atomic E-state index is 5.77. The van der Waals surface area contributed by atoms with E-state index < -0.39 is 0 Å². The first-order valence-electron chi connectivity index (χ1n) is 7.14. The Bertz CT molecular complexity index is 239. The van der Waals surface area contributed by atoms with Crippen molar-refractivity contribution >= 4 is 0 Å². The minimum Gasteiger partial charge on any atom is -0.498 e. The quantitative estimate of drug-likeness (QED) is 0.806. The van der Waals surface area contributed by atoms with Gasteiger partial charge in [0.15, 0.2) is 0 Å². The number of ether oxygens (including phenoxy) is 1. The summed E-state index contributed by atoms with van der Waals surface area (Å²) in [6.07, 6.45) is 12.5. The van der Waals surface area contributed by atoms with Gasteiger partial charge in [0.2, 0.25) is 0 Å². The van der Waals surface area contributed by atoms with E-state index in [9.17, 15) is 0 Å². The SMILES string of the molecule is C1=CCCC(OCC[C@@H]2CCCNC2)=C1.CC. The van der Waals surface area contributed by atoms with Gasteiger partial charge in [-0.25, -0.2) is 0 Å². The molecule has 0 aromatic carbocycles. The molecule has 1 aliphatic heterocycles. The fourth-order valence-electron chi connectivity index (χ4n) is 2.23. The van der Waals surface area contributed by atoms with E-state index in [0.29, 0.717) is 0 Å². The molecule has 2 rings (SSSR count). The molecule has 0 aromatic rings. The van der Waals surface area contributed by atoms with Crippen LogP contribution in [0.15, 0.2) is 24.0 Å². The first-order chi connectivity index (χ1) is 8.45. The molecule has 1 atom stereocenters. The van der Waals surface area contributed by atoms with Gasteiger partial charge in [0.1, 0.15) is 0 Å². The highest BCUT2D eigenvalue weighted by atomic mass is 16.5. The van der Waals surface area contributed by atoms with Gasteiger partial charge in [-0.2, -0.15) is 0 Å². The molecule has 1 N–H and O–H groups in total. The number of rotatable bonds is 4. The van der Waals surface area contributed by atoms with E-state index in [2.05, 4.69) is 23.5 Å². The van der Waals surface area contributed by atoms with Crippen LogP contribution in [-0.2, 0) is 4.74 Å².